The number of H-pyrrole nitrogens is 1. The van der Waals surface area contributed by atoms with Crippen molar-refractivity contribution >= 4 is 5.82 Å². The monoisotopic (exact) mass is 239 g/mol. The lowest BCUT2D eigenvalue weighted by Crippen LogP contribution is -2.24. The van der Waals surface area contributed by atoms with Crippen LogP contribution in [-0.4, -0.2) is 16.6 Å². The molecule has 1 atom stereocenters. The average Bonchev–Trinajstić information content (AvgIpc) is 2.24. The summed E-state index contributed by atoms with van der Waals surface area (Å²) in [5, 5.41) is 0. The number of nitrogens with zero attached hydrogens (tertiary/aromatic N) is 1. The van der Waals surface area contributed by atoms with E-state index < -0.39 is 0 Å². The van der Waals surface area contributed by atoms with Crippen molar-refractivity contribution in [3.63, 3.8) is 0 Å². The molecule has 5 heteroatoms. The summed E-state index contributed by atoms with van der Waals surface area (Å²) in [7, 11) is 0. The first-order valence-corrected chi connectivity index (χ1v) is 6.01. The van der Waals surface area contributed by atoms with Crippen molar-refractivity contribution < 1.29 is 4.74 Å². The highest BCUT2D eigenvalue weighted by Gasteiger charge is 2.20. The van der Waals surface area contributed by atoms with Crippen molar-refractivity contribution in [3.05, 3.63) is 21.7 Å². The van der Waals surface area contributed by atoms with Gasteiger partial charge in [0.05, 0.1) is 5.56 Å². The molecular weight excluding hydrogens is 218 g/mol. The molecule has 0 saturated carbocycles. The van der Waals surface area contributed by atoms with Gasteiger partial charge in [0.1, 0.15) is 17.7 Å². The van der Waals surface area contributed by atoms with Crippen LogP contribution in [0.2, 0.25) is 0 Å². The van der Waals surface area contributed by atoms with Gasteiger partial charge in [-0.05, 0) is 19.3 Å². The predicted octanol–water partition coefficient (Wildman–Crippen LogP) is 1.65. The number of hydrogen-bond donors (Lipinski definition) is 2. The van der Waals surface area contributed by atoms with Gasteiger partial charge in [0.15, 0.2) is 0 Å². The second-order valence-corrected chi connectivity index (χ2v) is 4.29. The molecule has 1 aromatic rings. The number of anilines is 1. The Morgan fingerprint density at radius 1 is 1.41 bits per heavy atom. The third-order valence-corrected chi connectivity index (χ3v) is 2.64. The van der Waals surface area contributed by atoms with E-state index >= 15 is 0 Å². The summed E-state index contributed by atoms with van der Waals surface area (Å²) in [5.74, 6) is 1.04. The fourth-order valence-corrected chi connectivity index (χ4v) is 1.78. The van der Waals surface area contributed by atoms with Gasteiger partial charge in [0.25, 0.3) is 5.56 Å². The van der Waals surface area contributed by atoms with Crippen LogP contribution in [0.15, 0.2) is 4.79 Å². The molecule has 1 aromatic heterocycles. The number of nitrogens with one attached hydrogen (secondary N) is 1. The molecule has 1 rings (SSSR count). The number of aromatic nitrogens is 2. The van der Waals surface area contributed by atoms with Crippen LogP contribution in [0.3, 0.4) is 0 Å². The van der Waals surface area contributed by atoms with E-state index in [2.05, 4.69) is 9.97 Å². The van der Waals surface area contributed by atoms with Crippen LogP contribution >= 0.6 is 0 Å². The summed E-state index contributed by atoms with van der Waals surface area (Å²) >= 11 is 0. The molecule has 0 amide bonds. The van der Waals surface area contributed by atoms with Crippen molar-refractivity contribution in [2.75, 3.05) is 12.3 Å². The van der Waals surface area contributed by atoms with Crippen LogP contribution in [0.25, 0.3) is 0 Å². The molecule has 3 N–H and O–H groups in total. The van der Waals surface area contributed by atoms with E-state index in [1.165, 1.54) is 0 Å². The molecule has 0 aliphatic heterocycles. The van der Waals surface area contributed by atoms with Crippen molar-refractivity contribution in [2.45, 2.75) is 40.2 Å². The van der Waals surface area contributed by atoms with Gasteiger partial charge < -0.3 is 15.5 Å². The molecule has 0 spiro atoms. The topological polar surface area (TPSA) is 81.0 Å². The third kappa shape index (κ3) is 3.06. The number of ether oxygens (including phenoxy) is 1. The minimum absolute atomic E-state index is 0.166. The number of hydrogen-bond acceptors (Lipinski definition) is 4. The summed E-state index contributed by atoms with van der Waals surface area (Å²) in [6.45, 7) is 8.40. The van der Waals surface area contributed by atoms with Crippen molar-refractivity contribution in [1.29, 1.82) is 0 Å². The molecule has 0 aromatic carbocycles. The van der Waals surface area contributed by atoms with E-state index in [0.29, 0.717) is 30.2 Å². The summed E-state index contributed by atoms with van der Waals surface area (Å²) < 4.78 is 5.58. The molecule has 0 bridgehead atoms. The van der Waals surface area contributed by atoms with Crippen LogP contribution in [0.1, 0.15) is 45.2 Å². The zero-order valence-electron chi connectivity index (χ0n) is 10.9. The average molecular weight is 239 g/mol. The number of aromatic amines is 1. The van der Waals surface area contributed by atoms with Gasteiger partial charge in [0.2, 0.25) is 0 Å². The van der Waals surface area contributed by atoms with Gasteiger partial charge in [-0.1, -0.05) is 20.8 Å². The van der Waals surface area contributed by atoms with Crippen molar-refractivity contribution in [2.24, 2.45) is 5.92 Å². The molecular formula is C12H21N3O2. The summed E-state index contributed by atoms with van der Waals surface area (Å²) in [4.78, 5) is 18.8. The summed E-state index contributed by atoms with van der Waals surface area (Å²) in [6.07, 6.45) is 0.357. The van der Waals surface area contributed by atoms with E-state index in [4.69, 9.17) is 10.5 Å². The smallest absolute Gasteiger partial charge is 0.256 e. The highest BCUT2D eigenvalue weighted by Crippen LogP contribution is 2.22. The standard InChI is InChI=1S/C12H21N3O2/c1-5-8-10(13)14-11(15-12(8)16)9(7(3)4)17-6-2/h7,9H,5-6H2,1-4H3,(H3,13,14,15,16). The van der Waals surface area contributed by atoms with Gasteiger partial charge >= 0.3 is 0 Å². The number of nitrogen functional groups attached to an aromatic ring is 1. The van der Waals surface area contributed by atoms with Crippen LogP contribution in [0, 0.1) is 5.92 Å². The molecule has 96 valence electrons. The second kappa shape index (κ2) is 5.82. The molecule has 0 aliphatic rings. The minimum atomic E-state index is -0.221. The largest absolute Gasteiger partial charge is 0.383 e. The van der Waals surface area contributed by atoms with E-state index in [1.54, 1.807) is 0 Å². The summed E-state index contributed by atoms with van der Waals surface area (Å²) in [6, 6.07) is 0. The Balaban J connectivity index is 3.17. The Labute approximate surface area is 101 Å². The highest BCUT2D eigenvalue weighted by molar-refractivity contribution is 5.37. The molecule has 1 heterocycles. The first-order chi connectivity index (χ1) is 8.01. The lowest BCUT2D eigenvalue weighted by Gasteiger charge is -2.20. The maximum absolute atomic E-state index is 11.8. The number of nitrogens with two attached hydrogens (primary N) is 1. The molecule has 0 fully saturated rings. The van der Waals surface area contributed by atoms with Crippen LogP contribution < -0.4 is 11.3 Å². The second-order valence-electron chi connectivity index (χ2n) is 4.29. The Bertz CT molecular complexity index is 426. The molecule has 0 saturated heterocycles. The lowest BCUT2D eigenvalue weighted by molar-refractivity contribution is 0.0231. The van der Waals surface area contributed by atoms with Gasteiger partial charge in [-0.15, -0.1) is 0 Å². The summed E-state index contributed by atoms with van der Waals surface area (Å²) in [5.41, 5.74) is 6.15. The van der Waals surface area contributed by atoms with E-state index in [1.807, 2.05) is 27.7 Å². The number of rotatable bonds is 5. The van der Waals surface area contributed by atoms with E-state index in [9.17, 15) is 4.79 Å². The predicted molar refractivity (Wildman–Crippen MR) is 67.9 cm³/mol. The van der Waals surface area contributed by atoms with E-state index in [0.717, 1.165) is 0 Å². The Morgan fingerprint density at radius 3 is 2.47 bits per heavy atom. The molecule has 5 nitrogen and oxygen atoms in total. The van der Waals surface area contributed by atoms with Crippen molar-refractivity contribution in [3.8, 4) is 0 Å². The van der Waals surface area contributed by atoms with Crippen LogP contribution in [-0.2, 0) is 11.2 Å². The zero-order chi connectivity index (χ0) is 13.0. The van der Waals surface area contributed by atoms with Gasteiger partial charge in [0, 0.05) is 6.61 Å². The first kappa shape index (κ1) is 13.7. The maximum Gasteiger partial charge on any atom is 0.256 e. The van der Waals surface area contributed by atoms with E-state index in [-0.39, 0.29) is 17.6 Å². The SMILES string of the molecule is CCOC(c1nc(N)c(CC)c(=O)[nH]1)C(C)C. The molecule has 17 heavy (non-hydrogen) atoms. The molecule has 0 radical (unpaired) electrons. The van der Waals surface area contributed by atoms with Gasteiger partial charge in [-0.25, -0.2) is 4.98 Å². The Hall–Kier alpha value is -1.36. The fraction of sp³-hybridized carbons (Fsp3) is 0.667. The lowest BCUT2D eigenvalue weighted by atomic mass is 10.1. The zero-order valence-corrected chi connectivity index (χ0v) is 10.9. The van der Waals surface area contributed by atoms with Gasteiger partial charge in [-0.3, -0.25) is 4.79 Å². The first-order valence-electron chi connectivity index (χ1n) is 6.01. The Morgan fingerprint density at radius 2 is 2.06 bits per heavy atom. The maximum atomic E-state index is 11.8. The molecule has 1 unspecified atom stereocenters. The normalized spacial score (nSPS) is 13.0. The van der Waals surface area contributed by atoms with Crippen LogP contribution in [0.4, 0.5) is 5.82 Å². The highest BCUT2D eigenvalue weighted by atomic mass is 16.5. The quantitative estimate of drug-likeness (QED) is 0.818. The van der Waals surface area contributed by atoms with Crippen molar-refractivity contribution in [1.82, 2.24) is 9.97 Å². The Kier molecular flexibility index (Phi) is 4.69. The molecule has 0 aliphatic carbocycles. The third-order valence-electron chi connectivity index (χ3n) is 2.64. The van der Waals surface area contributed by atoms with Gasteiger partial charge in [-0.2, -0.15) is 0 Å². The van der Waals surface area contributed by atoms with Crippen LogP contribution in [0.5, 0.6) is 0 Å². The minimum Gasteiger partial charge on any atom is -0.383 e. The fourth-order valence-electron chi connectivity index (χ4n) is 1.78.